The zero-order valence-electron chi connectivity index (χ0n) is 12.1. The lowest BCUT2D eigenvalue weighted by Crippen LogP contribution is -2.39. The molecule has 2 rings (SSSR count). The van der Waals surface area contributed by atoms with E-state index in [9.17, 15) is 5.11 Å². The number of aliphatic hydroxyl groups excluding tert-OH is 1. The van der Waals surface area contributed by atoms with Gasteiger partial charge in [0, 0.05) is 37.9 Å². The highest BCUT2D eigenvalue weighted by Crippen LogP contribution is 2.35. The summed E-state index contributed by atoms with van der Waals surface area (Å²) in [5, 5.41) is 13.2. The van der Waals surface area contributed by atoms with Crippen molar-refractivity contribution in [1.29, 1.82) is 0 Å². The van der Waals surface area contributed by atoms with E-state index >= 15 is 0 Å². The minimum atomic E-state index is 0.119. The van der Waals surface area contributed by atoms with Gasteiger partial charge in [0.15, 0.2) is 0 Å². The number of aromatic nitrogens is 2. The Morgan fingerprint density at radius 1 is 1.37 bits per heavy atom. The van der Waals surface area contributed by atoms with Gasteiger partial charge in [-0.2, -0.15) is 0 Å². The van der Waals surface area contributed by atoms with Crippen LogP contribution in [-0.4, -0.2) is 27.8 Å². The lowest BCUT2D eigenvalue weighted by molar-refractivity contribution is 0.0809. The summed E-state index contributed by atoms with van der Waals surface area (Å²) < 4.78 is 2.21. The first-order valence-electron chi connectivity index (χ1n) is 7.60. The van der Waals surface area contributed by atoms with Gasteiger partial charge < -0.3 is 15.0 Å². The number of aryl methyl sites for hydroxylation is 1. The molecule has 1 fully saturated rings. The van der Waals surface area contributed by atoms with Crippen molar-refractivity contribution in [1.82, 2.24) is 14.9 Å². The van der Waals surface area contributed by atoms with E-state index in [0.717, 1.165) is 38.9 Å². The van der Waals surface area contributed by atoms with E-state index in [0.29, 0.717) is 6.61 Å². The van der Waals surface area contributed by atoms with Gasteiger partial charge in [-0.05, 0) is 19.3 Å². The molecule has 0 bridgehead atoms. The molecule has 4 nitrogen and oxygen atoms in total. The predicted molar refractivity (Wildman–Crippen MR) is 76.8 cm³/mol. The number of nitrogens with one attached hydrogen (secondary N) is 1. The van der Waals surface area contributed by atoms with E-state index in [-0.39, 0.29) is 5.41 Å². The van der Waals surface area contributed by atoms with Gasteiger partial charge >= 0.3 is 0 Å². The van der Waals surface area contributed by atoms with Crippen LogP contribution in [0.4, 0.5) is 0 Å². The number of rotatable bonds is 7. The van der Waals surface area contributed by atoms with Crippen molar-refractivity contribution in [3.8, 4) is 0 Å². The highest BCUT2D eigenvalue weighted by molar-refractivity contribution is 4.98. The predicted octanol–water partition coefficient (Wildman–Crippen LogP) is 2.33. The van der Waals surface area contributed by atoms with Crippen LogP contribution >= 0.6 is 0 Å². The first-order chi connectivity index (χ1) is 9.29. The standard InChI is InChI=1S/C15H27N3O/c1-2-8-18-13-17-10-14(18)9-16-11-15(12-19)6-4-3-5-7-15/h10,13,16,19H,2-9,11-12H2,1H3. The van der Waals surface area contributed by atoms with Crippen molar-refractivity contribution >= 4 is 0 Å². The quantitative estimate of drug-likeness (QED) is 0.795. The molecule has 1 heterocycles. The van der Waals surface area contributed by atoms with Crippen molar-refractivity contribution in [2.24, 2.45) is 5.41 Å². The van der Waals surface area contributed by atoms with Gasteiger partial charge in [0.2, 0.25) is 0 Å². The van der Waals surface area contributed by atoms with Crippen LogP contribution in [0.1, 0.15) is 51.1 Å². The topological polar surface area (TPSA) is 50.1 Å². The van der Waals surface area contributed by atoms with Gasteiger partial charge in [0.1, 0.15) is 0 Å². The summed E-state index contributed by atoms with van der Waals surface area (Å²) in [4.78, 5) is 4.22. The smallest absolute Gasteiger partial charge is 0.0948 e. The Bertz CT molecular complexity index is 369. The molecule has 1 aliphatic carbocycles. The zero-order valence-corrected chi connectivity index (χ0v) is 12.1. The fraction of sp³-hybridized carbons (Fsp3) is 0.800. The second kappa shape index (κ2) is 7.06. The molecular weight excluding hydrogens is 238 g/mol. The van der Waals surface area contributed by atoms with Crippen LogP contribution in [0.3, 0.4) is 0 Å². The van der Waals surface area contributed by atoms with Gasteiger partial charge in [0.25, 0.3) is 0 Å². The van der Waals surface area contributed by atoms with E-state index in [1.165, 1.54) is 25.0 Å². The largest absolute Gasteiger partial charge is 0.396 e. The van der Waals surface area contributed by atoms with Crippen molar-refractivity contribution in [2.75, 3.05) is 13.2 Å². The van der Waals surface area contributed by atoms with Crippen LogP contribution < -0.4 is 5.32 Å². The highest BCUT2D eigenvalue weighted by Gasteiger charge is 2.30. The summed E-state index contributed by atoms with van der Waals surface area (Å²) in [7, 11) is 0. The summed E-state index contributed by atoms with van der Waals surface area (Å²) >= 11 is 0. The molecule has 108 valence electrons. The second-order valence-electron chi connectivity index (χ2n) is 5.90. The molecule has 19 heavy (non-hydrogen) atoms. The molecule has 1 saturated carbocycles. The Morgan fingerprint density at radius 3 is 2.84 bits per heavy atom. The summed E-state index contributed by atoms with van der Waals surface area (Å²) in [6.45, 7) is 5.29. The third kappa shape index (κ3) is 3.80. The van der Waals surface area contributed by atoms with Crippen LogP contribution in [0.5, 0.6) is 0 Å². The Labute approximate surface area is 116 Å². The third-order valence-corrected chi connectivity index (χ3v) is 4.32. The second-order valence-corrected chi connectivity index (χ2v) is 5.90. The monoisotopic (exact) mass is 265 g/mol. The van der Waals surface area contributed by atoms with Crippen LogP contribution in [0.2, 0.25) is 0 Å². The minimum absolute atomic E-state index is 0.119. The molecule has 0 amide bonds. The molecule has 1 aliphatic rings. The maximum Gasteiger partial charge on any atom is 0.0948 e. The summed E-state index contributed by atoms with van der Waals surface area (Å²) in [5.74, 6) is 0. The molecule has 0 aromatic carbocycles. The van der Waals surface area contributed by atoms with Gasteiger partial charge in [-0.25, -0.2) is 4.98 Å². The first-order valence-corrected chi connectivity index (χ1v) is 7.60. The van der Waals surface area contributed by atoms with Gasteiger partial charge in [-0.3, -0.25) is 0 Å². The molecule has 2 N–H and O–H groups in total. The van der Waals surface area contributed by atoms with E-state index < -0.39 is 0 Å². The summed E-state index contributed by atoms with van der Waals surface area (Å²) in [6.07, 6.45) is 11.1. The normalized spacial score (nSPS) is 18.6. The summed E-state index contributed by atoms with van der Waals surface area (Å²) in [5.41, 5.74) is 1.36. The molecule has 0 radical (unpaired) electrons. The van der Waals surface area contributed by atoms with Crippen LogP contribution in [0, 0.1) is 5.41 Å². The average molecular weight is 265 g/mol. The fourth-order valence-electron chi connectivity index (χ4n) is 3.09. The van der Waals surface area contributed by atoms with Gasteiger partial charge in [0.05, 0.1) is 12.0 Å². The number of hydrogen-bond donors (Lipinski definition) is 2. The maximum atomic E-state index is 9.68. The van der Waals surface area contributed by atoms with Crippen molar-refractivity contribution in [2.45, 2.75) is 58.5 Å². The number of hydrogen-bond acceptors (Lipinski definition) is 3. The Morgan fingerprint density at radius 2 is 2.16 bits per heavy atom. The molecular formula is C15H27N3O. The maximum absolute atomic E-state index is 9.68. The molecule has 4 heteroatoms. The molecule has 0 spiro atoms. The molecule has 0 saturated heterocycles. The fourth-order valence-corrected chi connectivity index (χ4v) is 3.09. The Kier molecular flexibility index (Phi) is 5.40. The molecule has 0 unspecified atom stereocenters. The van der Waals surface area contributed by atoms with E-state index in [2.05, 4.69) is 21.8 Å². The SMILES string of the molecule is CCCn1cncc1CNCC1(CO)CCCCC1. The lowest BCUT2D eigenvalue weighted by atomic mass is 9.74. The third-order valence-electron chi connectivity index (χ3n) is 4.32. The van der Waals surface area contributed by atoms with Crippen LogP contribution in [0.25, 0.3) is 0 Å². The first kappa shape index (κ1) is 14.5. The van der Waals surface area contributed by atoms with E-state index in [1.54, 1.807) is 0 Å². The Hall–Kier alpha value is -0.870. The molecule has 1 aromatic rings. The average Bonchev–Trinajstić information content (AvgIpc) is 2.88. The Balaban J connectivity index is 1.83. The van der Waals surface area contributed by atoms with E-state index in [4.69, 9.17) is 0 Å². The number of imidazole rings is 1. The van der Waals surface area contributed by atoms with Crippen molar-refractivity contribution in [3.63, 3.8) is 0 Å². The number of aliphatic hydroxyl groups is 1. The van der Waals surface area contributed by atoms with Crippen molar-refractivity contribution < 1.29 is 5.11 Å². The van der Waals surface area contributed by atoms with Crippen molar-refractivity contribution in [3.05, 3.63) is 18.2 Å². The minimum Gasteiger partial charge on any atom is -0.396 e. The van der Waals surface area contributed by atoms with Crippen LogP contribution in [0.15, 0.2) is 12.5 Å². The lowest BCUT2D eigenvalue weighted by Gasteiger charge is -2.35. The van der Waals surface area contributed by atoms with Crippen LogP contribution in [-0.2, 0) is 13.1 Å². The zero-order chi connectivity index (χ0) is 13.6. The molecule has 0 aliphatic heterocycles. The number of nitrogens with zero attached hydrogens (tertiary/aromatic N) is 2. The summed E-state index contributed by atoms with van der Waals surface area (Å²) in [6, 6.07) is 0. The van der Waals surface area contributed by atoms with Gasteiger partial charge in [-0.1, -0.05) is 26.2 Å². The molecule has 1 aromatic heterocycles. The molecule has 0 atom stereocenters. The van der Waals surface area contributed by atoms with E-state index in [1.807, 2.05) is 12.5 Å². The van der Waals surface area contributed by atoms with Gasteiger partial charge in [-0.15, -0.1) is 0 Å². The highest BCUT2D eigenvalue weighted by atomic mass is 16.3.